The van der Waals surface area contributed by atoms with Crippen LogP contribution in [0.15, 0.2) is 47.4 Å². The fraction of sp³-hybridized carbons (Fsp3) is 0.462. The number of hydrogen-bond acceptors (Lipinski definition) is 4. The molecule has 1 aliphatic heterocycles. The van der Waals surface area contributed by atoms with E-state index < -0.39 is 16.1 Å². The minimum Gasteiger partial charge on any atom is -0.341 e. The Kier molecular flexibility index (Phi) is 7.75. The first-order chi connectivity index (χ1) is 15.5. The number of sulfonamides is 1. The Bertz CT molecular complexity index is 1120. The summed E-state index contributed by atoms with van der Waals surface area (Å²) in [6, 6.07) is 11.6. The molecule has 1 N–H and O–H groups in total. The predicted octanol–water partition coefficient (Wildman–Crippen LogP) is 4.04. The normalized spacial score (nSPS) is 16.1. The monoisotopic (exact) mass is 470 g/mol. The third-order valence-corrected chi connectivity index (χ3v) is 7.83. The summed E-state index contributed by atoms with van der Waals surface area (Å²) in [6.45, 7) is 10.4. The number of ketones is 1. The smallest absolute Gasteiger partial charge is 0.241 e. The van der Waals surface area contributed by atoms with Crippen LogP contribution in [0.2, 0.25) is 0 Å². The number of amides is 1. The van der Waals surface area contributed by atoms with Crippen molar-refractivity contribution in [2.45, 2.75) is 58.4 Å². The van der Waals surface area contributed by atoms with Gasteiger partial charge in [-0.1, -0.05) is 55.3 Å². The molecule has 0 aliphatic carbocycles. The van der Waals surface area contributed by atoms with Crippen molar-refractivity contribution in [1.82, 2.24) is 9.62 Å². The maximum atomic E-state index is 13.3. The zero-order valence-electron chi connectivity index (χ0n) is 20.1. The highest BCUT2D eigenvalue weighted by atomic mass is 32.2. The first-order valence-corrected chi connectivity index (χ1v) is 13.0. The molecule has 0 aromatic heterocycles. The molecular formula is C26H34N2O4S. The van der Waals surface area contributed by atoms with Crippen LogP contribution in [0.3, 0.4) is 0 Å². The van der Waals surface area contributed by atoms with Crippen molar-refractivity contribution in [2.24, 2.45) is 11.8 Å². The fourth-order valence-electron chi connectivity index (χ4n) is 4.29. The summed E-state index contributed by atoms with van der Waals surface area (Å²) in [5.74, 6) is -0.456. The molecule has 7 heteroatoms. The Hall–Kier alpha value is -2.51. The standard InChI is InChI=1S/C26H34N2O4S/c1-17(2)24(27-33(31,32)22-9-6-18(3)7-10-22)26(30)28-14-12-21(13-15-28)25(29)23-11-8-19(4)16-20(23)5/h6-11,16-17,21,24,27H,12-15H2,1-5H3. The molecule has 0 spiro atoms. The lowest BCUT2D eigenvalue weighted by Crippen LogP contribution is -2.53. The first-order valence-electron chi connectivity index (χ1n) is 11.5. The summed E-state index contributed by atoms with van der Waals surface area (Å²) >= 11 is 0. The molecule has 178 valence electrons. The molecular weight excluding hydrogens is 436 g/mol. The Labute approximate surface area is 197 Å². The lowest BCUT2D eigenvalue weighted by Gasteiger charge is -2.35. The minimum absolute atomic E-state index is 0.125. The number of hydrogen-bond donors (Lipinski definition) is 1. The van der Waals surface area contributed by atoms with Gasteiger partial charge in [0, 0.05) is 24.6 Å². The number of Topliss-reactive ketones (excluding diaryl/α,β-unsaturated/α-hetero) is 1. The van der Waals surface area contributed by atoms with E-state index in [9.17, 15) is 18.0 Å². The summed E-state index contributed by atoms with van der Waals surface area (Å²) in [4.78, 5) is 28.1. The fourth-order valence-corrected chi connectivity index (χ4v) is 5.63. The Morgan fingerprint density at radius 1 is 0.939 bits per heavy atom. The van der Waals surface area contributed by atoms with E-state index >= 15 is 0 Å². The van der Waals surface area contributed by atoms with Gasteiger partial charge in [-0.15, -0.1) is 0 Å². The van der Waals surface area contributed by atoms with Gasteiger partial charge in [0.05, 0.1) is 4.90 Å². The molecule has 1 heterocycles. The van der Waals surface area contributed by atoms with Crippen LogP contribution in [0.5, 0.6) is 0 Å². The van der Waals surface area contributed by atoms with Gasteiger partial charge >= 0.3 is 0 Å². The molecule has 3 rings (SSSR count). The van der Waals surface area contributed by atoms with Crippen molar-refractivity contribution >= 4 is 21.7 Å². The van der Waals surface area contributed by atoms with Crippen LogP contribution in [-0.4, -0.2) is 44.1 Å². The molecule has 1 saturated heterocycles. The van der Waals surface area contributed by atoms with Gasteiger partial charge in [0.15, 0.2) is 5.78 Å². The summed E-state index contributed by atoms with van der Waals surface area (Å²) in [5, 5.41) is 0. The molecule has 2 aromatic carbocycles. The molecule has 1 aliphatic rings. The van der Waals surface area contributed by atoms with E-state index in [-0.39, 0.29) is 28.4 Å². The lowest BCUT2D eigenvalue weighted by atomic mass is 9.86. The van der Waals surface area contributed by atoms with Gasteiger partial charge in [-0.2, -0.15) is 4.72 Å². The molecule has 1 atom stereocenters. The lowest BCUT2D eigenvalue weighted by molar-refractivity contribution is -0.135. The number of nitrogens with one attached hydrogen (secondary N) is 1. The summed E-state index contributed by atoms with van der Waals surface area (Å²) < 4.78 is 28.4. The topological polar surface area (TPSA) is 83.6 Å². The van der Waals surface area contributed by atoms with E-state index in [0.29, 0.717) is 25.9 Å². The van der Waals surface area contributed by atoms with E-state index in [4.69, 9.17) is 0 Å². The number of carbonyl (C=O) groups is 2. The molecule has 0 saturated carbocycles. The molecule has 6 nitrogen and oxygen atoms in total. The van der Waals surface area contributed by atoms with Gasteiger partial charge in [-0.05, 0) is 57.2 Å². The summed E-state index contributed by atoms with van der Waals surface area (Å²) in [7, 11) is -3.83. The number of carbonyl (C=O) groups excluding carboxylic acids is 2. The van der Waals surface area contributed by atoms with E-state index in [1.54, 1.807) is 29.2 Å². The zero-order valence-corrected chi connectivity index (χ0v) is 20.9. The average molecular weight is 471 g/mol. The van der Waals surface area contributed by atoms with Crippen LogP contribution < -0.4 is 4.72 Å². The molecule has 1 amide bonds. The van der Waals surface area contributed by atoms with Gasteiger partial charge in [-0.25, -0.2) is 8.42 Å². The Balaban J connectivity index is 1.67. The van der Waals surface area contributed by atoms with Crippen molar-refractivity contribution in [3.63, 3.8) is 0 Å². The molecule has 0 bridgehead atoms. The first kappa shape index (κ1) is 25.1. The molecule has 1 fully saturated rings. The van der Waals surface area contributed by atoms with Gasteiger partial charge in [-0.3, -0.25) is 9.59 Å². The van der Waals surface area contributed by atoms with Crippen LogP contribution in [-0.2, 0) is 14.8 Å². The molecule has 0 radical (unpaired) electrons. The van der Waals surface area contributed by atoms with Crippen molar-refractivity contribution in [3.8, 4) is 0 Å². The third kappa shape index (κ3) is 5.89. The summed E-state index contributed by atoms with van der Waals surface area (Å²) in [5.41, 5.74) is 3.81. The minimum atomic E-state index is -3.83. The van der Waals surface area contributed by atoms with E-state index in [2.05, 4.69) is 4.72 Å². The van der Waals surface area contributed by atoms with Crippen LogP contribution in [0.4, 0.5) is 0 Å². The van der Waals surface area contributed by atoms with E-state index in [1.165, 1.54) is 0 Å². The quantitative estimate of drug-likeness (QED) is 0.619. The highest BCUT2D eigenvalue weighted by Gasteiger charge is 2.35. The van der Waals surface area contributed by atoms with Gasteiger partial charge < -0.3 is 4.90 Å². The van der Waals surface area contributed by atoms with Crippen molar-refractivity contribution in [1.29, 1.82) is 0 Å². The van der Waals surface area contributed by atoms with E-state index in [1.807, 2.05) is 52.8 Å². The van der Waals surface area contributed by atoms with Crippen molar-refractivity contribution in [2.75, 3.05) is 13.1 Å². The number of rotatable bonds is 7. The number of likely N-dealkylation sites (tertiary alicyclic amines) is 1. The van der Waals surface area contributed by atoms with Crippen LogP contribution in [0, 0.1) is 32.6 Å². The Morgan fingerprint density at radius 3 is 2.06 bits per heavy atom. The highest BCUT2D eigenvalue weighted by molar-refractivity contribution is 7.89. The Morgan fingerprint density at radius 2 is 1.52 bits per heavy atom. The maximum absolute atomic E-state index is 13.3. The molecule has 2 aromatic rings. The largest absolute Gasteiger partial charge is 0.341 e. The van der Waals surface area contributed by atoms with Crippen LogP contribution in [0.25, 0.3) is 0 Å². The number of nitrogens with zero attached hydrogens (tertiary/aromatic N) is 1. The van der Waals surface area contributed by atoms with Crippen molar-refractivity contribution < 1.29 is 18.0 Å². The molecule has 1 unspecified atom stereocenters. The number of piperidine rings is 1. The summed E-state index contributed by atoms with van der Waals surface area (Å²) in [6.07, 6.45) is 1.15. The molecule has 33 heavy (non-hydrogen) atoms. The second-order valence-corrected chi connectivity index (χ2v) is 11.2. The SMILES string of the molecule is Cc1ccc(S(=O)(=O)NC(C(=O)N2CCC(C(=O)c3ccc(C)cc3C)CC2)C(C)C)cc1. The number of benzene rings is 2. The second-order valence-electron chi connectivity index (χ2n) is 9.44. The van der Waals surface area contributed by atoms with Crippen LogP contribution in [0.1, 0.15) is 53.7 Å². The van der Waals surface area contributed by atoms with Gasteiger partial charge in [0.2, 0.25) is 15.9 Å². The van der Waals surface area contributed by atoms with E-state index in [0.717, 1.165) is 22.3 Å². The third-order valence-electron chi connectivity index (χ3n) is 6.37. The predicted molar refractivity (Wildman–Crippen MR) is 130 cm³/mol. The zero-order chi connectivity index (χ0) is 24.3. The van der Waals surface area contributed by atoms with Crippen LogP contribution >= 0.6 is 0 Å². The maximum Gasteiger partial charge on any atom is 0.241 e. The second kappa shape index (κ2) is 10.2. The highest BCUT2D eigenvalue weighted by Crippen LogP contribution is 2.25. The number of aryl methyl sites for hydroxylation is 3. The van der Waals surface area contributed by atoms with Gasteiger partial charge in [0.1, 0.15) is 6.04 Å². The van der Waals surface area contributed by atoms with Gasteiger partial charge in [0.25, 0.3) is 0 Å². The average Bonchev–Trinajstić information content (AvgIpc) is 2.77. The van der Waals surface area contributed by atoms with Crippen molar-refractivity contribution in [3.05, 3.63) is 64.7 Å².